The summed E-state index contributed by atoms with van der Waals surface area (Å²) in [6.45, 7) is 1.39. The van der Waals surface area contributed by atoms with Crippen LogP contribution in [0.2, 0.25) is 0 Å². The van der Waals surface area contributed by atoms with Gasteiger partial charge in [0.15, 0.2) is 24.0 Å². The normalized spacial score (nSPS) is 10.2. The average Bonchev–Trinajstić information content (AvgIpc) is 3.13. The quantitative estimate of drug-likeness (QED) is 0.133. The Labute approximate surface area is 293 Å². The summed E-state index contributed by atoms with van der Waals surface area (Å²) in [6, 6.07) is 29.8. The lowest BCUT2D eigenvalue weighted by atomic mass is 10.3. The van der Waals surface area contributed by atoms with Crippen LogP contribution in [-0.4, -0.2) is 69.9 Å². The molecule has 0 radical (unpaired) electrons. The number of ether oxygens (including phenoxy) is 5. The van der Waals surface area contributed by atoms with E-state index in [-0.39, 0.29) is 56.9 Å². The third-order valence-corrected chi connectivity index (χ3v) is 8.08. The van der Waals surface area contributed by atoms with Gasteiger partial charge in [-0.2, -0.15) is 0 Å². The summed E-state index contributed by atoms with van der Waals surface area (Å²) in [5.41, 5.74) is 10.5. The number of Topliss-reactive ketones (excluding diaryl/α,β-unsaturated/α-hetero) is 3. The maximum Gasteiger partial charge on any atom is 0.343 e. The summed E-state index contributed by atoms with van der Waals surface area (Å²) >= 11 is 3.17. The van der Waals surface area contributed by atoms with Crippen molar-refractivity contribution < 1.29 is 42.9 Å². The van der Waals surface area contributed by atoms with Gasteiger partial charge in [-0.05, 0) is 104 Å². The number of ketones is 3. The van der Waals surface area contributed by atoms with Crippen LogP contribution in [0, 0.1) is 0 Å². The van der Waals surface area contributed by atoms with E-state index >= 15 is 0 Å². The first-order chi connectivity index (χ1) is 23.7. The Morgan fingerprint density at radius 2 is 0.776 bits per heavy atom. The number of benzene rings is 4. The molecular weight excluding hydrogens is 669 g/mol. The van der Waals surface area contributed by atoms with E-state index in [1.807, 2.05) is 84.9 Å². The fraction of sp³-hybridized carbons (Fsp3) is 0.222. The summed E-state index contributed by atoms with van der Waals surface area (Å²) < 4.78 is 25.8. The Bertz CT molecular complexity index is 1570. The van der Waals surface area contributed by atoms with Gasteiger partial charge in [0.2, 0.25) is 0 Å². The molecule has 4 N–H and O–H groups in total. The molecule has 0 saturated heterocycles. The van der Waals surface area contributed by atoms with E-state index in [0.717, 1.165) is 19.6 Å². The molecule has 0 unspecified atom stereocenters. The zero-order valence-corrected chi connectivity index (χ0v) is 28.8. The van der Waals surface area contributed by atoms with Crippen LogP contribution < -0.4 is 30.4 Å². The van der Waals surface area contributed by atoms with Crippen LogP contribution >= 0.6 is 23.5 Å². The zero-order chi connectivity index (χ0) is 35.4. The second-order valence-electron chi connectivity index (χ2n) is 10.0. The zero-order valence-electron chi connectivity index (χ0n) is 27.1. The number of carbonyl (C=O) groups is 4. The van der Waals surface area contributed by atoms with Gasteiger partial charge in [0.05, 0.1) is 20.2 Å². The number of methoxy groups -OCH3 is 1. The first-order valence-corrected chi connectivity index (χ1v) is 16.6. The lowest BCUT2D eigenvalue weighted by Gasteiger charge is -2.07. The van der Waals surface area contributed by atoms with E-state index in [0.29, 0.717) is 23.0 Å². The Balaban J connectivity index is 0.000000266. The van der Waals surface area contributed by atoms with Crippen molar-refractivity contribution in [2.24, 2.45) is 11.5 Å². The molecule has 4 rings (SSSR count). The minimum atomic E-state index is -0.416. The molecule has 13 heteroatoms. The fourth-order valence-electron chi connectivity index (χ4n) is 3.52. The highest BCUT2D eigenvalue weighted by Crippen LogP contribution is 2.31. The van der Waals surface area contributed by atoms with Crippen molar-refractivity contribution in [3.8, 4) is 23.0 Å². The van der Waals surface area contributed by atoms with E-state index in [4.69, 9.17) is 30.4 Å². The summed E-state index contributed by atoms with van der Waals surface area (Å²) in [6.07, 6.45) is 0. The first-order valence-electron chi connectivity index (χ1n) is 14.9. The van der Waals surface area contributed by atoms with E-state index in [2.05, 4.69) is 4.74 Å². The van der Waals surface area contributed by atoms with Crippen molar-refractivity contribution in [1.29, 1.82) is 0 Å². The van der Waals surface area contributed by atoms with Crippen LogP contribution in [0.15, 0.2) is 117 Å². The van der Waals surface area contributed by atoms with Crippen LogP contribution in [0.25, 0.3) is 0 Å². The van der Waals surface area contributed by atoms with E-state index in [1.165, 1.54) is 14.0 Å². The number of carbonyl (C=O) groups excluding carboxylic acids is 4. The second kappa shape index (κ2) is 21.2. The smallest absolute Gasteiger partial charge is 0.343 e. The molecule has 0 aromatic heterocycles. The van der Waals surface area contributed by atoms with Gasteiger partial charge >= 0.3 is 5.97 Å². The lowest BCUT2D eigenvalue weighted by molar-refractivity contribution is -0.143. The molecule has 11 nitrogen and oxygen atoms in total. The molecule has 0 fully saturated rings. The first kappa shape index (κ1) is 38.6. The summed E-state index contributed by atoms with van der Waals surface area (Å²) in [7, 11) is 1.32. The Kier molecular flexibility index (Phi) is 16.7. The van der Waals surface area contributed by atoms with Gasteiger partial charge in [0, 0.05) is 19.6 Å². The average molecular weight is 707 g/mol. The van der Waals surface area contributed by atoms with Gasteiger partial charge in [-0.25, -0.2) is 4.79 Å². The number of nitrogens with two attached hydrogens (primary N) is 2. The summed E-state index contributed by atoms with van der Waals surface area (Å²) in [5, 5.41) is 0. The molecule has 0 atom stereocenters. The molecule has 4 aromatic rings. The summed E-state index contributed by atoms with van der Waals surface area (Å²) in [4.78, 5) is 48.3. The molecule has 0 saturated carbocycles. The van der Waals surface area contributed by atoms with Crippen molar-refractivity contribution in [1.82, 2.24) is 0 Å². The Hall–Kier alpha value is -4.82. The predicted octanol–water partition coefficient (Wildman–Crippen LogP) is 5.01. The molecule has 0 amide bonds. The second-order valence-corrected chi connectivity index (χ2v) is 12.3. The molecule has 258 valence electrons. The molecule has 0 bridgehead atoms. The predicted molar refractivity (Wildman–Crippen MR) is 187 cm³/mol. The van der Waals surface area contributed by atoms with E-state index < -0.39 is 5.97 Å². The van der Waals surface area contributed by atoms with Crippen LogP contribution in [-0.2, 0) is 23.9 Å². The van der Waals surface area contributed by atoms with E-state index in [1.54, 1.807) is 35.7 Å². The molecule has 0 aliphatic carbocycles. The van der Waals surface area contributed by atoms with Gasteiger partial charge in [-0.3, -0.25) is 14.4 Å². The van der Waals surface area contributed by atoms with Gasteiger partial charge in [0.1, 0.15) is 42.8 Å². The van der Waals surface area contributed by atoms with Crippen LogP contribution in [0.3, 0.4) is 0 Å². The number of hydrogen-bond donors (Lipinski definition) is 2. The van der Waals surface area contributed by atoms with Gasteiger partial charge in [-0.1, -0.05) is 23.5 Å². The van der Waals surface area contributed by atoms with Crippen molar-refractivity contribution in [2.75, 3.05) is 46.6 Å². The lowest BCUT2D eigenvalue weighted by Crippen LogP contribution is -2.20. The Morgan fingerprint density at radius 1 is 0.490 bits per heavy atom. The topological polar surface area (TPSA) is 166 Å². The summed E-state index contributed by atoms with van der Waals surface area (Å²) in [5.74, 6) is 1.81. The van der Waals surface area contributed by atoms with Crippen LogP contribution in [0.5, 0.6) is 23.0 Å². The van der Waals surface area contributed by atoms with E-state index in [9.17, 15) is 19.2 Å². The molecule has 0 spiro atoms. The SMILES string of the molecule is COC(=O)COc1ccc(Sc2ccc(OCC(C)=O)cc2)cc1.NCC(=O)COc1ccc(Sc2ccc(OCC(=O)CN)cc2)cc1. The minimum Gasteiger partial charge on any atom is -0.486 e. The molecular formula is C36H38N2O9S2. The molecule has 0 aliphatic heterocycles. The number of esters is 1. The maximum absolute atomic E-state index is 11.1. The van der Waals surface area contributed by atoms with Crippen molar-refractivity contribution in [2.45, 2.75) is 26.5 Å². The monoisotopic (exact) mass is 706 g/mol. The number of hydrogen-bond acceptors (Lipinski definition) is 13. The van der Waals surface area contributed by atoms with Crippen LogP contribution in [0.1, 0.15) is 6.92 Å². The third-order valence-electron chi connectivity index (χ3n) is 6.05. The minimum absolute atomic E-state index is 0.0111. The molecule has 0 aliphatic rings. The fourth-order valence-corrected chi connectivity index (χ4v) is 5.15. The van der Waals surface area contributed by atoms with Crippen molar-refractivity contribution in [3.05, 3.63) is 97.1 Å². The maximum atomic E-state index is 11.1. The van der Waals surface area contributed by atoms with Gasteiger partial charge in [0.25, 0.3) is 0 Å². The van der Waals surface area contributed by atoms with Crippen molar-refractivity contribution in [3.63, 3.8) is 0 Å². The largest absolute Gasteiger partial charge is 0.486 e. The van der Waals surface area contributed by atoms with Gasteiger partial charge in [-0.15, -0.1) is 0 Å². The standard InChI is InChI=1S/C18H20N2O4S.C18H18O5S/c19-9-13(21)11-23-15-1-5-17(6-2-15)25-18-7-3-16(4-8-18)24-12-14(22)10-20;1-13(19)11-22-14-3-7-16(8-4-14)24-17-9-5-15(6-10-17)23-12-18(20)21-2/h1-8H,9-12,19-20H2;3-10H,11-12H2,1-2H3. The molecule has 4 aromatic carbocycles. The third kappa shape index (κ3) is 15.3. The van der Waals surface area contributed by atoms with Gasteiger partial charge < -0.3 is 35.2 Å². The number of rotatable bonds is 18. The Morgan fingerprint density at radius 3 is 1.04 bits per heavy atom. The van der Waals surface area contributed by atoms with Crippen LogP contribution in [0.4, 0.5) is 0 Å². The highest BCUT2D eigenvalue weighted by molar-refractivity contribution is 7.99. The highest BCUT2D eigenvalue weighted by Gasteiger charge is 2.05. The van der Waals surface area contributed by atoms with Crippen molar-refractivity contribution >= 4 is 46.8 Å². The molecule has 49 heavy (non-hydrogen) atoms. The highest BCUT2D eigenvalue weighted by atomic mass is 32.2. The molecule has 0 heterocycles.